The van der Waals surface area contributed by atoms with Crippen LogP contribution in [0.2, 0.25) is 0 Å². The van der Waals surface area contributed by atoms with Gasteiger partial charge in [0, 0.05) is 5.69 Å². The molecular weight excluding hydrogens is 328 g/mol. The smallest absolute Gasteiger partial charge is 0.171 e. The van der Waals surface area contributed by atoms with Crippen molar-refractivity contribution >= 4 is 23.0 Å². The van der Waals surface area contributed by atoms with Crippen LogP contribution in [-0.4, -0.2) is 12.2 Å². The minimum absolute atomic E-state index is 0.0455. The summed E-state index contributed by atoms with van der Waals surface area (Å²) in [4.78, 5) is 0. The minimum atomic E-state index is -0.0455. The Balaban J connectivity index is 1.82. The molecule has 3 aromatic rings. The topological polar surface area (TPSA) is 33.3 Å². The molecule has 0 bridgehead atoms. The van der Waals surface area contributed by atoms with E-state index in [1.165, 1.54) is 0 Å². The first kappa shape index (κ1) is 17.0. The highest BCUT2D eigenvalue weighted by Gasteiger charge is 2.15. The Morgan fingerprint density at radius 2 is 1.36 bits per heavy atom. The number of methoxy groups -OCH3 is 1. The number of anilines is 1. The van der Waals surface area contributed by atoms with Gasteiger partial charge in [-0.2, -0.15) is 0 Å². The molecule has 0 saturated carbocycles. The second-order valence-corrected chi connectivity index (χ2v) is 5.99. The number of hydrogen-bond acceptors (Lipinski definition) is 2. The summed E-state index contributed by atoms with van der Waals surface area (Å²) in [7, 11) is 1.67. The molecule has 0 amide bonds. The van der Waals surface area contributed by atoms with E-state index in [1.54, 1.807) is 7.11 Å². The largest absolute Gasteiger partial charge is 0.497 e. The van der Waals surface area contributed by atoms with E-state index in [0.29, 0.717) is 5.11 Å². The first-order chi connectivity index (χ1) is 12.3. The summed E-state index contributed by atoms with van der Waals surface area (Å²) in [6, 6.07) is 28.1. The molecule has 1 atom stereocenters. The molecule has 0 aliphatic carbocycles. The van der Waals surface area contributed by atoms with Crippen LogP contribution in [0.1, 0.15) is 17.2 Å². The number of hydrogen-bond donors (Lipinski definition) is 2. The highest BCUT2D eigenvalue weighted by molar-refractivity contribution is 7.80. The first-order valence-corrected chi connectivity index (χ1v) is 8.48. The maximum atomic E-state index is 5.51. The Morgan fingerprint density at radius 1 is 0.800 bits per heavy atom. The Morgan fingerprint density at radius 3 is 1.96 bits per heavy atom. The van der Waals surface area contributed by atoms with Crippen LogP contribution in [-0.2, 0) is 0 Å². The molecule has 0 spiro atoms. The quantitative estimate of drug-likeness (QED) is 0.651. The van der Waals surface area contributed by atoms with E-state index in [0.717, 1.165) is 22.6 Å². The molecule has 0 saturated heterocycles. The van der Waals surface area contributed by atoms with Gasteiger partial charge in [-0.1, -0.05) is 60.7 Å². The number of ether oxygens (including phenoxy) is 1. The fourth-order valence-electron chi connectivity index (χ4n) is 2.62. The van der Waals surface area contributed by atoms with Crippen LogP contribution in [0.15, 0.2) is 84.9 Å². The van der Waals surface area contributed by atoms with E-state index in [2.05, 4.69) is 34.9 Å². The molecule has 3 aromatic carbocycles. The molecule has 0 heterocycles. The Bertz CT molecular complexity index is 804. The minimum Gasteiger partial charge on any atom is -0.497 e. The van der Waals surface area contributed by atoms with Crippen LogP contribution >= 0.6 is 12.2 Å². The lowest BCUT2D eigenvalue weighted by atomic mass is 9.99. The summed E-state index contributed by atoms with van der Waals surface area (Å²) in [5.41, 5.74) is 3.22. The lowest BCUT2D eigenvalue weighted by Crippen LogP contribution is -2.33. The van der Waals surface area contributed by atoms with E-state index >= 15 is 0 Å². The number of para-hydroxylation sites is 1. The zero-order valence-electron chi connectivity index (χ0n) is 14.0. The van der Waals surface area contributed by atoms with Crippen molar-refractivity contribution in [1.82, 2.24) is 5.32 Å². The van der Waals surface area contributed by atoms with E-state index in [4.69, 9.17) is 17.0 Å². The van der Waals surface area contributed by atoms with Crippen LogP contribution in [0.5, 0.6) is 5.75 Å². The van der Waals surface area contributed by atoms with E-state index in [9.17, 15) is 0 Å². The van der Waals surface area contributed by atoms with E-state index in [1.807, 2.05) is 60.7 Å². The molecule has 2 N–H and O–H groups in total. The molecule has 25 heavy (non-hydrogen) atoms. The van der Waals surface area contributed by atoms with Gasteiger partial charge in [-0.25, -0.2) is 0 Å². The molecule has 0 aromatic heterocycles. The number of benzene rings is 3. The SMILES string of the molecule is COc1ccc([C@H](NC(=S)Nc2ccccc2)c2ccccc2)cc1. The van der Waals surface area contributed by atoms with Gasteiger partial charge in [0.1, 0.15) is 5.75 Å². The molecule has 0 radical (unpaired) electrons. The van der Waals surface area contributed by atoms with Crippen LogP contribution in [0.25, 0.3) is 0 Å². The highest BCUT2D eigenvalue weighted by atomic mass is 32.1. The van der Waals surface area contributed by atoms with Crippen LogP contribution in [0.3, 0.4) is 0 Å². The molecule has 3 rings (SSSR count). The van der Waals surface area contributed by atoms with Crippen LogP contribution in [0, 0.1) is 0 Å². The van der Waals surface area contributed by atoms with Crippen LogP contribution < -0.4 is 15.4 Å². The number of nitrogens with one attached hydrogen (secondary N) is 2. The van der Waals surface area contributed by atoms with Crippen molar-refractivity contribution in [2.24, 2.45) is 0 Å². The molecule has 3 nitrogen and oxygen atoms in total. The molecule has 0 aliphatic rings. The fraction of sp³-hybridized carbons (Fsp3) is 0.0952. The summed E-state index contributed by atoms with van der Waals surface area (Å²) < 4.78 is 5.26. The van der Waals surface area contributed by atoms with Crippen molar-refractivity contribution < 1.29 is 4.74 Å². The van der Waals surface area contributed by atoms with Crippen LogP contribution in [0.4, 0.5) is 5.69 Å². The fourth-order valence-corrected chi connectivity index (χ4v) is 2.86. The number of rotatable bonds is 5. The zero-order chi connectivity index (χ0) is 17.5. The molecule has 0 unspecified atom stereocenters. The Labute approximate surface area is 153 Å². The summed E-state index contributed by atoms with van der Waals surface area (Å²) >= 11 is 5.51. The lowest BCUT2D eigenvalue weighted by molar-refractivity contribution is 0.414. The third kappa shape index (κ3) is 4.58. The monoisotopic (exact) mass is 348 g/mol. The van der Waals surface area contributed by atoms with Crippen molar-refractivity contribution in [2.45, 2.75) is 6.04 Å². The van der Waals surface area contributed by atoms with Crippen molar-refractivity contribution in [3.8, 4) is 5.75 Å². The number of thiocarbonyl (C=S) groups is 1. The maximum Gasteiger partial charge on any atom is 0.171 e. The van der Waals surface area contributed by atoms with Crippen molar-refractivity contribution in [1.29, 1.82) is 0 Å². The molecule has 126 valence electrons. The van der Waals surface area contributed by atoms with E-state index < -0.39 is 0 Å². The van der Waals surface area contributed by atoms with Gasteiger partial charge >= 0.3 is 0 Å². The molecule has 0 fully saturated rings. The normalized spacial score (nSPS) is 11.4. The predicted octanol–water partition coefficient (Wildman–Crippen LogP) is 4.77. The van der Waals surface area contributed by atoms with Crippen molar-refractivity contribution in [3.63, 3.8) is 0 Å². The molecular formula is C21H20N2OS. The van der Waals surface area contributed by atoms with E-state index in [-0.39, 0.29) is 6.04 Å². The van der Waals surface area contributed by atoms with Gasteiger partial charge in [-0.15, -0.1) is 0 Å². The average molecular weight is 348 g/mol. The van der Waals surface area contributed by atoms with Gasteiger partial charge < -0.3 is 15.4 Å². The highest BCUT2D eigenvalue weighted by Crippen LogP contribution is 2.24. The predicted molar refractivity (Wildman–Crippen MR) is 107 cm³/mol. The maximum absolute atomic E-state index is 5.51. The third-order valence-corrected chi connectivity index (χ3v) is 4.11. The molecule has 4 heteroatoms. The summed E-state index contributed by atoms with van der Waals surface area (Å²) in [6.45, 7) is 0. The van der Waals surface area contributed by atoms with Crippen molar-refractivity contribution in [3.05, 3.63) is 96.1 Å². The average Bonchev–Trinajstić information content (AvgIpc) is 2.68. The van der Waals surface area contributed by atoms with Gasteiger partial charge in [0.25, 0.3) is 0 Å². The Hall–Kier alpha value is -2.85. The summed E-state index contributed by atoms with van der Waals surface area (Å²) in [5.74, 6) is 0.834. The second kappa shape index (κ2) is 8.31. The van der Waals surface area contributed by atoms with Gasteiger partial charge in [0.15, 0.2) is 5.11 Å². The van der Waals surface area contributed by atoms with Gasteiger partial charge in [-0.05, 0) is 47.6 Å². The standard InChI is InChI=1S/C21H20N2OS/c1-24-19-14-12-17(13-15-19)20(16-8-4-2-5-9-16)23-21(25)22-18-10-6-3-7-11-18/h2-15,20H,1H3,(H2,22,23,25)/t20-/m1/s1. The van der Waals surface area contributed by atoms with Gasteiger partial charge in [0.2, 0.25) is 0 Å². The third-order valence-electron chi connectivity index (χ3n) is 3.89. The molecule has 0 aliphatic heterocycles. The second-order valence-electron chi connectivity index (χ2n) is 5.58. The first-order valence-electron chi connectivity index (χ1n) is 8.08. The van der Waals surface area contributed by atoms with Gasteiger partial charge in [-0.3, -0.25) is 0 Å². The lowest BCUT2D eigenvalue weighted by Gasteiger charge is -2.22. The zero-order valence-corrected chi connectivity index (χ0v) is 14.8. The summed E-state index contributed by atoms with van der Waals surface area (Å²) in [5, 5.41) is 7.22. The van der Waals surface area contributed by atoms with Crippen molar-refractivity contribution in [2.75, 3.05) is 12.4 Å². The Kier molecular flexibility index (Phi) is 5.65. The summed E-state index contributed by atoms with van der Waals surface area (Å²) in [6.07, 6.45) is 0. The van der Waals surface area contributed by atoms with Gasteiger partial charge in [0.05, 0.1) is 13.2 Å².